The predicted molar refractivity (Wildman–Crippen MR) is 112 cm³/mol. The van der Waals surface area contributed by atoms with Gasteiger partial charge in [0.25, 0.3) is 0 Å². The van der Waals surface area contributed by atoms with Crippen molar-refractivity contribution >= 4 is 11.0 Å². The Morgan fingerprint density at radius 3 is 2.56 bits per heavy atom. The molecular formula is C22H20O12. The van der Waals surface area contributed by atoms with Gasteiger partial charge < -0.3 is 54.0 Å². The molecular weight excluding hydrogens is 456 g/mol. The number of phenols is 1. The fraction of sp³-hybridized carbons (Fsp3) is 0.318. The second-order valence-electron chi connectivity index (χ2n) is 7.81. The molecule has 5 atom stereocenters. The summed E-state index contributed by atoms with van der Waals surface area (Å²) in [4.78, 5) is 12.7. The minimum absolute atomic E-state index is 0.00273. The average Bonchev–Trinajstić information content (AvgIpc) is 3.31. The lowest BCUT2D eigenvalue weighted by molar-refractivity contribution is -0.277. The molecule has 180 valence electrons. The summed E-state index contributed by atoms with van der Waals surface area (Å²) in [5.41, 5.74) is -0.594. The number of fused-ring (bicyclic) bond motifs is 2. The summed E-state index contributed by atoms with van der Waals surface area (Å²) >= 11 is 0. The van der Waals surface area contributed by atoms with Crippen LogP contribution in [0.5, 0.6) is 28.7 Å². The fourth-order valence-electron chi connectivity index (χ4n) is 3.85. The predicted octanol–water partition coefficient (Wildman–Crippen LogP) is -0.221. The Kier molecular flexibility index (Phi) is 5.46. The molecule has 0 saturated carbocycles. The van der Waals surface area contributed by atoms with Crippen LogP contribution in [-0.4, -0.2) is 74.7 Å². The maximum atomic E-state index is 12.7. The molecule has 1 saturated heterocycles. The first kappa shape index (κ1) is 22.3. The molecule has 34 heavy (non-hydrogen) atoms. The standard InChI is InChI=1S/C22H20O12/c23-6-14-16(26)17(27)19(29)22(34-14)32-9-1-2-10-12(5-9)33-20(18(28)15(10)25)8-3-11(24)21-13(4-8)30-7-31-21/h1-5,14,16-17,19,22-24,26-29H,6-7H2/t14-,16-,17+,19-,22-/m1/s1. The molecule has 3 heterocycles. The third-order valence-electron chi connectivity index (χ3n) is 5.66. The van der Waals surface area contributed by atoms with Gasteiger partial charge in [0.2, 0.25) is 30.0 Å². The quantitative estimate of drug-likeness (QED) is 0.291. The summed E-state index contributed by atoms with van der Waals surface area (Å²) in [6.07, 6.45) is -7.41. The highest BCUT2D eigenvalue weighted by Crippen LogP contribution is 2.45. The first-order valence-electron chi connectivity index (χ1n) is 10.2. The number of phenolic OH excluding ortho intramolecular Hbond substituents is 1. The SMILES string of the molecule is O=c1c(O)c(-c2cc(O)c3c(c2)OCO3)oc2cc(O[C@@H]3O[C@H](CO)[C@@H](O)[C@H](O)[C@H]3O)ccc12. The van der Waals surface area contributed by atoms with Crippen LogP contribution in [0.25, 0.3) is 22.3 Å². The molecule has 0 spiro atoms. The number of ether oxygens (including phenoxy) is 4. The van der Waals surface area contributed by atoms with Gasteiger partial charge in [-0.2, -0.15) is 0 Å². The summed E-state index contributed by atoms with van der Waals surface area (Å²) in [7, 11) is 0. The van der Waals surface area contributed by atoms with Gasteiger partial charge in [0.05, 0.1) is 12.0 Å². The Balaban J connectivity index is 1.52. The molecule has 5 rings (SSSR count). The van der Waals surface area contributed by atoms with Crippen molar-refractivity contribution in [3.8, 4) is 40.1 Å². The summed E-state index contributed by atoms with van der Waals surface area (Å²) in [5, 5.41) is 60.0. The lowest BCUT2D eigenvalue weighted by atomic mass is 9.99. The van der Waals surface area contributed by atoms with Crippen LogP contribution < -0.4 is 19.6 Å². The van der Waals surface area contributed by atoms with Crippen LogP contribution in [0.3, 0.4) is 0 Å². The summed E-state index contributed by atoms with van der Waals surface area (Å²) in [6.45, 7) is -0.721. The molecule has 1 fully saturated rings. The summed E-state index contributed by atoms with van der Waals surface area (Å²) in [5.74, 6) is -0.806. The topological polar surface area (TPSA) is 189 Å². The van der Waals surface area contributed by atoms with Crippen molar-refractivity contribution in [1.82, 2.24) is 0 Å². The van der Waals surface area contributed by atoms with E-state index in [1.807, 2.05) is 0 Å². The van der Waals surface area contributed by atoms with E-state index in [9.17, 15) is 35.4 Å². The number of rotatable bonds is 4. The van der Waals surface area contributed by atoms with Crippen LogP contribution in [0, 0.1) is 0 Å². The van der Waals surface area contributed by atoms with Crippen LogP contribution >= 0.6 is 0 Å². The number of hydrogen-bond donors (Lipinski definition) is 6. The number of aliphatic hydroxyl groups is 4. The van der Waals surface area contributed by atoms with Crippen LogP contribution in [0.4, 0.5) is 0 Å². The molecule has 2 aromatic carbocycles. The molecule has 2 aliphatic rings. The van der Waals surface area contributed by atoms with Crippen molar-refractivity contribution < 1.29 is 54.0 Å². The molecule has 0 amide bonds. The molecule has 0 radical (unpaired) electrons. The molecule has 3 aromatic rings. The number of hydrogen-bond acceptors (Lipinski definition) is 12. The van der Waals surface area contributed by atoms with Crippen molar-refractivity contribution in [2.45, 2.75) is 30.7 Å². The first-order valence-corrected chi connectivity index (χ1v) is 10.2. The average molecular weight is 476 g/mol. The van der Waals surface area contributed by atoms with Gasteiger partial charge in [0.15, 0.2) is 17.3 Å². The van der Waals surface area contributed by atoms with E-state index in [0.29, 0.717) is 0 Å². The number of aromatic hydroxyl groups is 2. The molecule has 6 N–H and O–H groups in total. The minimum Gasteiger partial charge on any atom is -0.504 e. The van der Waals surface area contributed by atoms with Gasteiger partial charge in [-0.05, 0) is 24.3 Å². The van der Waals surface area contributed by atoms with Crippen LogP contribution in [0.1, 0.15) is 0 Å². The highest BCUT2D eigenvalue weighted by Gasteiger charge is 2.44. The van der Waals surface area contributed by atoms with E-state index in [1.165, 1.54) is 30.3 Å². The van der Waals surface area contributed by atoms with Gasteiger partial charge >= 0.3 is 0 Å². The van der Waals surface area contributed by atoms with E-state index in [4.69, 9.17) is 23.4 Å². The molecule has 12 heteroatoms. The highest BCUT2D eigenvalue weighted by atomic mass is 16.7. The first-order chi connectivity index (χ1) is 16.3. The maximum absolute atomic E-state index is 12.7. The van der Waals surface area contributed by atoms with Gasteiger partial charge in [-0.3, -0.25) is 4.79 Å². The second kappa shape index (κ2) is 8.34. The monoisotopic (exact) mass is 476 g/mol. The molecule has 0 aliphatic carbocycles. The van der Waals surface area contributed by atoms with Crippen LogP contribution in [0.15, 0.2) is 39.5 Å². The van der Waals surface area contributed by atoms with E-state index in [1.54, 1.807) is 0 Å². The number of benzene rings is 2. The van der Waals surface area contributed by atoms with Gasteiger partial charge in [-0.25, -0.2) is 0 Å². The van der Waals surface area contributed by atoms with Crippen LogP contribution in [0.2, 0.25) is 0 Å². The van der Waals surface area contributed by atoms with E-state index in [2.05, 4.69) is 0 Å². The zero-order valence-electron chi connectivity index (χ0n) is 17.3. The smallest absolute Gasteiger partial charge is 0.235 e. The third-order valence-corrected chi connectivity index (χ3v) is 5.66. The zero-order chi connectivity index (χ0) is 24.1. The Morgan fingerprint density at radius 1 is 1.00 bits per heavy atom. The third kappa shape index (κ3) is 3.57. The molecule has 0 unspecified atom stereocenters. The summed E-state index contributed by atoms with van der Waals surface area (Å²) in [6, 6.07) is 6.65. The van der Waals surface area contributed by atoms with Gasteiger partial charge in [0, 0.05) is 11.6 Å². The van der Waals surface area contributed by atoms with Crippen LogP contribution in [-0.2, 0) is 4.74 Å². The Morgan fingerprint density at radius 2 is 1.79 bits per heavy atom. The molecule has 0 bridgehead atoms. The minimum atomic E-state index is -1.63. The van der Waals surface area contributed by atoms with Crippen molar-refractivity contribution in [3.63, 3.8) is 0 Å². The van der Waals surface area contributed by atoms with Gasteiger partial charge in [-0.15, -0.1) is 0 Å². The Labute approximate surface area is 190 Å². The molecule has 2 aliphatic heterocycles. The fourth-order valence-corrected chi connectivity index (χ4v) is 3.85. The Bertz CT molecular complexity index is 1300. The van der Waals surface area contributed by atoms with Crippen molar-refractivity contribution in [2.75, 3.05) is 13.4 Å². The highest BCUT2D eigenvalue weighted by molar-refractivity contribution is 5.83. The van der Waals surface area contributed by atoms with Gasteiger partial charge in [0.1, 0.15) is 35.7 Å². The zero-order valence-corrected chi connectivity index (χ0v) is 17.3. The Hall–Kier alpha value is -3.55. The van der Waals surface area contributed by atoms with Crippen molar-refractivity contribution in [1.29, 1.82) is 0 Å². The van der Waals surface area contributed by atoms with Crippen molar-refractivity contribution in [3.05, 3.63) is 40.6 Å². The summed E-state index contributed by atoms with van der Waals surface area (Å²) < 4.78 is 27.0. The lowest BCUT2D eigenvalue weighted by Crippen LogP contribution is -2.60. The largest absolute Gasteiger partial charge is 0.504 e. The maximum Gasteiger partial charge on any atom is 0.235 e. The van der Waals surface area contributed by atoms with E-state index in [-0.39, 0.29) is 52.1 Å². The number of aliphatic hydroxyl groups excluding tert-OH is 4. The normalized spacial score (nSPS) is 26.1. The van der Waals surface area contributed by atoms with E-state index >= 15 is 0 Å². The molecule has 1 aromatic heterocycles. The molecule has 12 nitrogen and oxygen atoms in total. The lowest BCUT2D eigenvalue weighted by Gasteiger charge is -2.39. The second-order valence-corrected chi connectivity index (χ2v) is 7.81. The van der Waals surface area contributed by atoms with E-state index in [0.717, 1.165) is 0 Å². The van der Waals surface area contributed by atoms with E-state index < -0.39 is 48.5 Å². The van der Waals surface area contributed by atoms with Gasteiger partial charge in [-0.1, -0.05) is 0 Å². The van der Waals surface area contributed by atoms with Crippen molar-refractivity contribution in [2.24, 2.45) is 0 Å².